The number of para-hydroxylation sites is 1. The van der Waals surface area contributed by atoms with Crippen molar-refractivity contribution in [1.82, 2.24) is 19.7 Å². The zero-order valence-electron chi connectivity index (χ0n) is 26.7. The highest BCUT2D eigenvalue weighted by Crippen LogP contribution is 2.31. The summed E-state index contributed by atoms with van der Waals surface area (Å²) >= 11 is 1.65. The molecule has 0 bridgehead atoms. The number of oxazole rings is 1. The highest BCUT2D eigenvalue weighted by atomic mass is 32.1. The molecule has 0 aliphatic heterocycles. The number of amidine groups is 1. The number of nitrogens with two attached hydrogens (primary N) is 1. The fourth-order valence-corrected chi connectivity index (χ4v) is 5.54. The minimum Gasteiger partial charge on any atom is -0.493 e. The van der Waals surface area contributed by atoms with Crippen LogP contribution in [0.25, 0.3) is 29.3 Å². The maximum absolute atomic E-state index is 9.01. The Balaban J connectivity index is 1.15. The third kappa shape index (κ3) is 7.39. The van der Waals surface area contributed by atoms with Crippen molar-refractivity contribution >= 4 is 29.3 Å². The molecule has 0 aliphatic carbocycles. The molecule has 0 radical (unpaired) electrons. The van der Waals surface area contributed by atoms with Crippen LogP contribution in [0.4, 0.5) is 0 Å². The number of aromatic nitrogens is 4. The van der Waals surface area contributed by atoms with Crippen molar-refractivity contribution in [3.05, 3.63) is 123 Å². The molecular weight excluding hydrogens is 629 g/mol. The Hall–Kier alpha value is -5.88. The van der Waals surface area contributed by atoms with Gasteiger partial charge in [-0.1, -0.05) is 48.5 Å². The van der Waals surface area contributed by atoms with Crippen LogP contribution in [0.3, 0.4) is 0 Å². The number of methoxy groups -OCH3 is 1. The Labute approximate surface area is 281 Å². The monoisotopic (exact) mass is 662 g/mol. The second-order valence-electron chi connectivity index (χ2n) is 10.7. The normalized spacial score (nSPS) is 11.7. The van der Waals surface area contributed by atoms with E-state index >= 15 is 0 Å². The molecule has 6 aromatic rings. The largest absolute Gasteiger partial charge is 0.493 e. The van der Waals surface area contributed by atoms with Gasteiger partial charge in [0.25, 0.3) is 0 Å². The molecule has 11 nitrogen and oxygen atoms in total. The van der Waals surface area contributed by atoms with E-state index in [9.17, 15) is 0 Å². The van der Waals surface area contributed by atoms with E-state index in [4.69, 9.17) is 34.7 Å². The molecule has 0 saturated heterocycles. The Kier molecular flexibility index (Phi) is 9.82. The van der Waals surface area contributed by atoms with Gasteiger partial charge in [0.15, 0.2) is 17.3 Å². The second kappa shape index (κ2) is 14.7. The van der Waals surface area contributed by atoms with Crippen molar-refractivity contribution in [3.63, 3.8) is 0 Å². The van der Waals surface area contributed by atoms with Crippen molar-refractivity contribution in [2.75, 3.05) is 7.11 Å². The van der Waals surface area contributed by atoms with Gasteiger partial charge in [0, 0.05) is 22.7 Å². The van der Waals surface area contributed by atoms with E-state index in [1.807, 2.05) is 85.2 Å². The van der Waals surface area contributed by atoms with Gasteiger partial charge in [0.2, 0.25) is 11.8 Å². The van der Waals surface area contributed by atoms with Gasteiger partial charge in [-0.25, -0.2) is 14.6 Å². The molecule has 3 aromatic carbocycles. The summed E-state index contributed by atoms with van der Waals surface area (Å²) in [6, 6.07) is 22.6. The number of hydrogen-bond donors (Lipinski definition) is 2. The van der Waals surface area contributed by atoms with Crippen LogP contribution >= 0.6 is 11.3 Å². The first-order valence-corrected chi connectivity index (χ1v) is 16.1. The zero-order valence-corrected chi connectivity index (χ0v) is 27.5. The molecule has 3 aromatic heterocycles. The minimum atomic E-state index is 0.000813. The Bertz CT molecular complexity index is 2060. The number of benzene rings is 3. The summed E-state index contributed by atoms with van der Waals surface area (Å²) in [5.74, 6) is 2.61. The molecule has 0 fully saturated rings. The average Bonchev–Trinajstić information content (AvgIpc) is 3.87. The number of rotatable bonds is 13. The zero-order chi connectivity index (χ0) is 33.5. The predicted octanol–water partition coefficient (Wildman–Crippen LogP) is 7.29. The molecule has 48 heavy (non-hydrogen) atoms. The molecule has 0 aliphatic rings. The van der Waals surface area contributed by atoms with E-state index < -0.39 is 0 Å². The molecule has 3 N–H and O–H groups in total. The van der Waals surface area contributed by atoms with E-state index in [-0.39, 0.29) is 19.0 Å². The number of nitrogens with zero attached hydrogens (tertiary/aromatic N) is 5. The van der Waals surface area contributed by atoms with Crippen molar-refractivity contribution in [3.8, 4) is 34.5 Å². The van der Waals surface area contributed by atoms with Crippen LogP contribution in [0.5, 0.6) is 17.4 Å². The van der Waals surface area contributed by atoms with E-state index in [1.165, 1.54) is 0 Å². The lowest BCUT2D eigenvalue weighted by Crippen LogP contribution is -2.12. The molecule has 0 saturated carbocycles. The Morgan fingerprint density at radius 3 is 2.62 bits per heavy atom. The lowest BCUT2D eigenvalue weighted by atomic mass is 10.1. The summed E-state index contributed by atoms with van der Waals surface area (Å²) in [5.41, 5.74) is 11.2. The maximum Gasteiger partial charge on any atom is 0.240 e. The fraction of sp³-hybridized carbons (Fsp3) is 0.167. The first kappa shape index (κ1) is 32.1. The molecule has 3 heterocycles. The smallest absolute Gasteiger partial charge is 0.240 e. The fourth-order valence-electron chi connectivity index (χ4n) is 4.82. The van der Waals surface area contributed by atoms with Gasteiger partial charge in [-0.3, -0.25) is 0 Å². The Morgan fingerprint density at radius 1 is 1.00 bits per heavy atom. The van der Waals surface area contributed by atoms with Crippen molar-refractivity contribution in [1.29, 1.82) is 0 Å². The van der Waals surface area contributed by atoms with E-state index in [1.54, 1.807) is 41.3 Å². The van der Waals surface area contributed by atoms with E-state index in [2.05, 4.69) is 22.0 Å². The van der Waals surface area contributed by atoms with Crippen LogP contribution in [0, 0.1) is 6.92 Å². The maximum atomic E-state index is 9.01. The summed E-state index contributed by atoms with van der Waals surface area (Å²) in [6.07, 6.45) is 6.79. The van der Waals surface area contributed by atoms with E-state index in [0.29, 0.717) is 45.9 Å². The number of hydrogen-bond acceptors (Lipinski definition) is 10. The minimum absolute atomic E-state index is 0.000813. The standard InChI is InChI=1S/C36H34N6O5S/c1-4-33-38-28(22-48-33)15-14-27-19-42(29-11-6-5-7-12-29)40-36(27)46-20-24-13-16-31(32(17-24)44-3)45-21-30-23(2)47-35(39-30)26-10-8-9-25(18-26)34(37)41-43/h5-19,22,43H,4,20-21H2,1-3H3,(H2,37,41)/b15-14+. The quantitative estimate of drug-likeness (QED) is 0.0564. The van der Waals surface area contributed by atoms with Crippen molar-refractivity contribution in [2.24, 2.45) is 10.9 Å². The number of oxime groups is 1. The third-order valence-corrected chi connectivity index (χ3v) is 8.42. The van der Waals surface area contributed by atoms with Gasteiger partial charge < -0.3 is 29.6 Å². The second-order valence-corrected chi connectivity index (χ2v) is 11.6. The summed E-state index contributed by atoms with van der Waals surface area (Å²) < 4.78 is 25.7. The summed E-state index contributed by atoms with van der Waals surface area (Å²) in [7, 11) is 1.59. The van der Waals surface area contributed by atoms with Gasteiger partial charge in [-0.05, 0) is 67.5 Å². The molecule has 0 spiro atoms. The highest BCUT2D eigenvalue weighted by molar-refractivity contribution is 7.09. The highest BCUT2D eigenvalue weighted by Gasteiger charge is 2.16. The molecule has 0 amide bonds. The molecule has 244 valence electrons. The van der Waals surface area contributed by atoms with Crippen LogP contribution in [0.15, 0.2) is 93.9 Å². The van der Waals surface area contributed by atoms with Gasteiger partial charge in [0.05, 0.1) is 29.1 Å². The van der Waals surface area contributed by atoms with Crippen LogP contribution in [0.2, 0.25) is 0 Å². The number of thiazole rings is 1. The first-order valence-electron chi connectivity index (χ1n) is 15.2. The number of aryl methyl sites for hydroxylation is 2. The van der Waals surface area contributed by atoms with Crippen molar-refractivity contribution < 1.29 is 23.8 Å². The van der Waals surface area contributed by atoms with E-state index in [0.717, 1.165) is 33.9 Å². The lowest BCUT2D eigenvalue weighted by molar-refractivity contribution is 0.275. The van der Waals surface area contributed by atoms with Gasteiger partial charge >= 0.3 is 0 Å². The predicted molar refractivity (Wildman–Crippen MR) is 185 cm³/mol. The van der Waals surface area contributed by atoms with Gasteiger partial charge in [0.1, 0.15) is 24.7 Å². The molecule has 6 rings (SSSR count). The van der Waals surface area contributed by atoms with Crippen LogP contribution < -0.4 is 19.9 Å². The molecule has 0 unspecified atom stereocenters. The number of ether oxygens (including phenoxy) is 3. The third-order valence-electron chi connectivity index (χ3n) is 7.41. The summed E-state index contributed by atoms with van der Waals surface area (Å²) in [4.78, 5) is 9.25. The van der Waals surface area contributed by atoms with Gasteiger partial charge in [-0.15, -0.1) is 16.4 Å². The molecule has 0 atom stereocenters. The topological polar surface area (TPSA) is 143 Å². The van der Waals surface area contributed by atoms with Crippen molar-refractivity contribution in [2.45, 2.75) is 33.5 Å². The SMILES string of the molecule is CCc1nc(/C=C/c2cn(-c3ccccc3)nc2OCc2ccc(OCc3nc(-c4cccc(C(N)=NO)c4)oc3C)c(OC)c2)cs1. The average molecular weight is 663 g/mol. The molecular formula is C36H34N6O5S. The first-order chi connectivity index (χ1) is 23.4. The summed E-state index contributed by atoms with van der Waals surface area (Å²) in [5, 5.41) is 19.9. The Morgan fingerprint density at radius 2 is 1.85 bits per heavy atom. The molecule has 12 heteroatoms. The lowest BCUT2D eigenvalue weighted by Gasteiger charge is -2.12. The van der Waals surface area contributed by atoms with Crippen LogP contribution in [-0.2, 0) is 19.6 Å². The van der Waals surface area contributed by atoms with Crippen LogP contribution in [-0.4, -0.2) is 37.9 Å². The van der Waals surface area contributed by atoms with Crippen LogP contribution in [0.1, 0.15) is 45.8 Å². The van der Waals surface area contributed by atoms with Gasteiger partial charge in [-0.2, -0.15) is 0 Å². The summed E-state index contributed by atoms with van der Waals surface area (Å²) in [6.45, 7) is 4.34.